The van der Waals surface area contributed by atoms with Crippen LogP contribution in [0.15, 0.2) is 27.6 Å². The molecule has 0 radical (unpaired) electrons. The van der Waals surface area contributed by atoms with Gasteiger partial charge in [-0.2, -0.15) is 5.26 Å². The molecular formula is C9H4BrNS2. The Bertz CT molecular complexity index is 471. The van der Waals surface area contributed by atoms with E-state index in [0.29, 0.717) is 0 Å². The van der Waals surface area contributed by atoms with Crippen molar-refractivity contribution >= 4 is 50.0 Å². The Balaban J connectivity index is 2.90. The Morgan fingerprint density at radius 1 is 1.46 bits per heavy atom. The number of rotatable bonds is 0. The molecule has 0 amide bonds. The van der Waals surface area contributed by atoms with Crippen LogP contribution < -0.4 is 0 Å². The van der Waals surface area contributed by atoms with Gasteiger partial charge in [0, 0.05) is 14.8 Å². The molecule has 0 saturated heterocycles. The van der Waals surface area contributed by atoms with Crippen LogP contribution in [0.5, 0.6) is 0 Å². The van der Waals surface area contributed by atoms with E-state index < -0.39 is 0 Å². The smallest absolute Gasteiger partial charge is 0.110 e. The van der Waals surface area contributed by atoms with Crippen LogP contribution in [0.25, 0.3) is 10.1 Å². The third-order valence-corrected chi connectivity index (χ3v) is 4.01. The van der Waals surface area contributed by atoms with Crippen LogP contribution in [0.3, 0.4) is 0 Å². The van der Waals surface area contributed by atoms with E-state index in [2.05, 4.69) is 34.6 Å². The van der Waals surface area contributed by atoms with Crippen molar-refractivity contribution in [1.82, 2.24) is 0 Å². The van der Waals surface area contributed by atoms with E-state index >= 15 is 0 Å². The lowest BCUT2D eigenvalue weighted by atomic mass is 10.2. The highest BCUT2D eigenvalue weighted by atomic mass is 79.9. The molecule has 1 heterocycles. The standard InChI is InChI=1S/C9H4BrNS2/c10-7-1-2-8(12)9-6(7)3-5(4-11)13-9/h1-3,12H. The fourth-order valence-electron chi connectivity index (χ4n) is 1.13. The van der Waals surface area contributed by atoms with Gasteiger partial charge in [0.25, 0.3) is 0 Å². The van der Waals surface area contributed by atoms with Crippen LogP contribution in [0.1, 0.15) is 4.88 Å². The summed E-state index contributed by atoms with van der Waals surface area (Å²) in [5, 5.41) is 9.80. The Kier molecular flexibility index (Phi) is 2.33. The summed E-state index contributed by atoms with van der Waals surface area (Å²) in [6.07, 6.45) is 0. The molecule has 13 heavy (non-hydrogen) atoms. The Hall–Kier alpha value is -0.500. The molecule has 0 spiro atoms. The summed E-state index contributed by atoms with van der Waals surface area (Å²) in [7, 11) is 0. The fourth-order valence-corrected chi connectivity index (χ4v) is 2.93. The molecule has 0 N–H and O–H groups in total. The minimum atomic E-state index is 0.720. The number of fused-ring (bicyclic) bond motifs is 1. The normalized spacial score (nSPS) is 10.2. The first-order valence-corrected chi connectivity index (χ1v) is 5.59. The highest BCUT2D eigenvalue weighted by Gasteiger charge is 2.06. The van der Waals surface area contributed by atoms with Gasteiger partial charge in [-0.1, -0.05) is 15.9 Å². The van der Waals surface area contributed by atoms with Crippen molar-refractivity contribution in [2.75, 3.05) is 0 Å². The van der Waals surface area contributed by atoms with Crippen molar-refractivity contribution in [3.8, 4) is 6.07 Å². The van der Waals surface area contributed by atoms with E-state index in [0.717, 1.165) is 24.3 Å². The Morgan fingerprint density at radius 2 is 2.23 bits per heavy atom. The predicted molar refractivity (Wildman–Crippen MR) is 61.5 cm³/mol. The van der Waals surface area contributed by atoms with Crippen molar-refractivity contribution in [3.05, 3.63) is 27.5 Å². The molecule has 2 rings (SSSR count). The van der Waals surface area contributed by atoms with E-state index in [-0.39, 0.29) is 0 Å². The van der Waals surface area contributed by atoms with Gasteiger partial charge in [-0.3, -0.25) is 0 Å². The van der Waals surface area contributed by atoms with E-state index in [4.69, 9.17) is 5.26 Å². The van der Waals surface area contributed by atoms with Crippen molar-refractivity contribution in [2.24, 2.45) is 0 Å². The first-order valence-electron chi connectivity index (χ1n) is 3.53. The molecule has 1 nitrogen and oxygen atoms in total. The number of thiophene rings is 1. The summed E-state index contributed by atoms with van der Waals surface area (Å²) in [6, 6.07) is 7.88. The average molecular weight is 270 g/mol. The van der Waals surface area contributed by atoms with Gasteiger partial charge in [0.05, 0.1) is 4.70 Å². The lowest BCUT2D eigenvalue weighted by Crippen LogP contribution is -1.68. The highest BCUT2D eigenvalue weighted by molar-refractivity contribution is 9.10. The molecule has 0 fully saturated rings. The van der Waals surface area contributed by atoms with E-state index in [1.54, 1.807) is 0 Å². The summed E-state index contributed by atoms with van der Waals surface area (Å²) < 4.78 is 2.08. The van der Waals surface area contributed by atoms with Crippen molar-refractivity contribution in [2.45, 2.75) is 4.90 Å². The zero-order valence-electron chi connectivity index (χ0n) is 6.41. The lowest BCUT2D eigenvalue weighted by Gasteiger charge is -1.95. The van der Waals surface area contributed by atoms with Crippen molar-refractivity contribution in [3.63, 3.8) is 0 Å². The monoisotopic (exact) mass is 269 g/mol. The van der Waals surface area contributed by atoms with Gasteiger partial charge in [-0.05, 0) is 18.2 Å². The minimum absolute atomic E-state index is 0.720. The van der Waals surface area contributed by atoms with Crippen LogP contribution in [-0.4, -0.2) is 0 Å². The molecule has 0 bridgehead atoms. The van der Waals surface area contributed by atoms with E-state index in [1.165, 1.54) is 11.3 Å². The zero-order valence-corrected chi connectivity index (χ0v) is 9.71. The number of nitriles is 1. The first-order chi connectivity index (χ1) is 6.22. The van der Waals surface area contributed by atoms with Gasteiger partial charge < -0.3 is 0 Å². The summed E-state index contributed by atoms with van der Waals surface area (Å²) in [5.41, 5.74) is 0. The minimum Gasteiger partial charge on any atom is -0.192 e. The topological polar surface area (TPSA) is 23.8 Å². The maximum Gasteiger partial charge on any atom is 0.110 e. The van der Waals surface area contributed by atoms with E-state index in [9.17, 15) is 0 Å². The predicted octanol–water partition coefficient (Wildman–Crippen LogP) is 3.82. The Labute approximate surface area is 93.5 Å². The van der Waals surface area contributed by atoms with Crippen molar-refractivity contribution in [1.29, 1.82) is 5.26 Å². The number of thiol groups is 1. The number of hydrogen-bond donors (Lipinski definition) is 1. The van der Waals surface area contributed by atoms with Gasteiger partial charge in [0.15, 0.2) is 0 Å². The molecule has 0 unspecified atom stereocenters. The summed E-state index contributed by atoms with van der Waals surface area (Å²) in [4.78, 5) is 1.64. The molecule has 0 saturated carbocycles. The molecule has 1 aromatic heterocycles. The van der Waals surface area contributed by atoms with Gasteiger partial charge >= 0.3 is 0 Å². The van der Waals surface area contributed by atoms with Gasteiger partial charge in [0.2, 0.25) is 0 Å². The van der Waals surface area contributed by atoms with Crippen LogP contribution >= 0.6 is 39.9 Å². The molecule has 64 valence electrons. The second kappa shape index (κ2) is 3.33. The highest BCUT2D eigenvalue weighted by Crippen LogP contribution is 2.35. The number of benzene rings is 1. The largest absolute Gasteiger partial charge is 0.192 e. The molecule has 0 aliphatic carbocycles. The molecule has 0 aliphatic rings. The van der Waals surface area contributed by atoms with Crippen molar-refractivity contribution < 1.29 is 0 Å². The quantitative estimate of drug-likeness (QED) is 0.723. The second-order valence-corrected chi connectivity index (χ2v) is 4.92. The second-order valence-electron chi connectivity index (χ2n) is 2.53. The lowest BCUT2D eigenvalue weighted by molar-refractivity contribution is 1.52. The number of hydrogen-bond acceptors (Lipinski definition) is 3. The third-order valence-electron chi connectivity index (χ3n) is 1.72. The van der Waals surface area contributed by atoms with Gasteiger partial charge in [0.1, 0.15) is 10.9 Å². The third kappa shape index (κ3) is 1.48. The summed E-state index contributed by atoms with van der Waals surface area (Å²) >= 11 is 9.24. The number of halogens is 1. The van der Waals surface area contributed by atoms with Crippen LogP contribution in [-0.2, 0) is 0 Å². The molecule has 1 aromatic carbocycles. The summed E-state index contributed by atoms with van der Waals surface area (Å²) in [6.45, 7) is 0. The average Bonchev–Trinajstić information content (AvgIpc) is 2.56. The fraction of sp³-hybridized carbons (Fsp3) is 0. The maximum absolute atomic E-state index is 8.74. The molecule has 2 aromatic rings. The number of nitrogens with zero attached hydrogens (tertiary/aromatic N) is 1. The van der Waals surface area contributed by atoms with E-state index in [1.807, 2.05) is 18.2 Å². The van der Waals surface area contributed by atoms with Crippen LogP contribution in [0.2, 0.25) is 0 Å². The molecule has 0 atom stereocenters. The zero-order chi connectivity index (χ0) is 9.42. The summed E-state index contributed by atoms with van der Waals surface area (Å²) in [5.74, 6) is 0. The van der Waals surface area contributed by atoms with Crippen LogP contribution in [0.4, 0.5) is 0 Å². The molecular weight excluding hydrogens is 266 g/mol. The molecule has 0 aliphatic heterocycles. The SMILES string of the molecule is N#Cc1cc2c(Br)ccc(S)c2s1. The van der Waals surface area contributed by atoms with Crippen LogP contribution in [0, 0.1) is 11.3 Å². The van der Waals surface area contributed by atoms with Gasteiger partial charge in [-0.15, -0.1) is 24.0 Å². The Morgan fingerprint density at radius 3 is 2.85 bits per heavy atom. The first kappa shape index (κ1) is 9.07. The molecule has 4 heteroatoms. The maximum atomic E-state index is 8.74. The van der Waals surface area contributed by atoms with Gasteiger partial charge in [-0.25, -0.2) is 0 Å².